The molecule has 0 radical (unpaired) electrons. The van der Waals surface area contributed by atoms with E-state index in [1.54, 1.807) is 0 Å². The average molecular weight is 282 g/mol. The molecule has 0 bridgehead atoms. The van der Waals surface area contributed by atoms with Crippen molar-refractivity contribution in [3.8, 4) is 11.4 Å². The molecule has 2 rings (SSSR count). The lowest BCUT2D eigenvalue weighted by Crippen LogP contribution is -1.93. The van der Waals surface area contributed by atoms with Gasteiger partial charge in [0.1, 0.15) is 0 Å². The number of benzene rings is 1. The molecule has 0 atom stereocenters. The molecule has 0 amide bonds. The van der Waals surface area contributed by atoms with Crippen LogP contribution in [-0.2, 0) is 12.8 Å². The second-order valence-corrected chi connectivity index (χ2v) is 5.67. The highest BCUT2D eigenvalue weighted by Crippen LogP contribution is 2.17. The van der Waals surface area contributed by atoms with Gasteiger partial charge in [0.25, 0.3) is 0 Å². The molecule has 0 aliphatic heterocycles. The van der Waals surface area contributed by atoms with E-state index in [-0.39, 0.29) is 0 Å². The van der Waals surface area contributed by atoms with Gasteiger partial charge in [-0.3, -0.25) is 0 Å². The number of hydrogen-bond acceptors (Lipinski definition) is 2. The molecule has 112 valence electrons. The van der Waals surface area contributed by atoms with Crippen LogP contribution in [0.2, 0.25) is 0 Å². The van der Waals surface area contributed by atoms with E-state index >= 15 is 0 Å². The summed E-state index contributed by atoms with van der Waals surface area (Å²) in [7, 11) is 0. The second-order valence-electron chi connectivity index (χ2n) is 5.67. The van der Waals surface area contributed by atoms with E-state index in [0.29, 0.717) is 0 Å². The quantitative estimate of drug-likeness (QED) is 0.620. The zero-order valence-electron chi connectivity index (χ0n) is 13.3. The van der Waals surface area contributed by atoms with Gasteiger partial charge in [0.05, 0.1) is 0 Å². The molecule has 0 saturated heterocycles. The summed E-state index contributed by atoms with van der Waals surface area (Å²) in [5, 5.41) is 0. The average Bonchev–Trinajstić information content (AvgIpc) is 2.54. The molecule has 0 aliphatic carbocycles. The summed E-state index contributed by atoms with van der Waals surface area (Å²) in [6, 6.07) is 8.67. The normalized spacial score (nSPS) is 10.8. The highest BCUT2D eigenvalue weighted by molar-refractivity contribution is 5.55. The maximum atomic E-state index is 4.51. The Morgan fingerprint density at radius 2 is 1.33 bits per heavy atom. The third-order valence-corrected chi connectivity index (χ3v) is 3.81. The fraction of sp³-hybridized carbons (Fsp3) is 0.474. The van der Waals surface area contributed by atoms with Crippen LogP contribution in [0.25, 0.3) is 11.4 Å². The van der Waals surface area contributed by atoms with Gasteiger partial charge in [-0.15, -0.1) is 0 Å². The van der Waals surface area contributed by atoms with Crippen molar-refractivity contribution in [2.45, 2.75) is 58.8 Å². The van der Waals surface area contributed by atoms with Crippen molar-refractivity contribution < 1.29 is 0 Å². The first-order valence-corrected chi connectivity index (χ1v) is 8.23. The summed E-state index contributed by atoms with van der Waals surface area (Å²) in [6.07, 6.45) is 12.5. The maximum absolute atomic E-state index is 4.51. The summed E-state index contributed by atoms with van der Waals surface area (Å²) in [5.41, 5.74) is 3.75. The van der Waals surface area contributed by atoms with Gasteiger partial charge in [-0.2, -0.15) is 0 Å². The molecule has 2 aromatic rings. The molecule has 0 aliphatic rings. The van der Waals surface area contributed by atoms with Crippen LogP contribution in [0.4, 0.5) is 0 Å². The van der Waals surface area contributed by atoms with E-state index in [1.807, 2.05) is 12.4 Å². The Bertz CT molecular complexity index is 514. The van der Waals surface area contributed by atoms with E-state index in [9.17, 15) is 0 Å². The van der Waals surface area contributed by atoms with Crippen LogP contribution in [0.15, 0.2) is 36.7 Å². The standard InChI is InChI=1S/C19H26N2/c1-3-5-7-9-17-14-20-19(21-15-17)18-12-10-16(11-13-18)8-6-4-2/h10-15H,3-9H2,1-2H3. The molecule has 0 fully saturated rings. The number of rotatable bonds is 8. The highest BCUT2D eigenvalue weighted by atomic mass is 14.9. The minimum Gasteiger partial charge on any atom is -0.236 e. The van der Waals surface area contributed by atoms with Crippen LogP contribution in [0.1, 0.15) is 57.1 Å². The number of aromatic nitrogens is 2. The van der Waals surface area contributed by atoms with Crippen molar-refractivity contribution >= 4 is 0 Å². The first-order valence-electron chi connectivity index (χ1n) is 8.23. The van der Waals surface area contributed by atoms with Gasteiger partial charge in [0, 0.05) is 18.0 Å². The second kappa shape index (κ2) is 8.56. The monoisotopic (exact) mass is 282 g/mol. The SMILES string of the molecule is CCCCCc1cnc(-c2ccc(CCCC)cc2)nc1. The summed E-state index contributed by atoms with van der Waals surface area (Å²) >= 11 is 0. The Hall–Kier alpha value is -1.70. The predicted octanol–water partition coefficient (Wildman–Crippen LogP) is 5.22. The molecular formula is C19H26N2. The molecule has 0 saturated carbocycles. The largest absolute Gasteiger partial charge is 0.236 e. The third-order valence-electron chi connectivity index (χ3n) is 3.81. The minimum absolute atomic E-state index is 0.830. The molecule has 1 aromatic heterocycles. The number of nitrogens with zero attached hydrogens (tertiary/aromatic N) is 2. The number of hydrogen-bond donors (Lipinski definition) is 0. The van der Waals surface area contributed by atoms with Crippen molar-refractivity contribution in [2.24, 2.45) is 0 Å². The van der Waals surface area contributed by atoms with Crippen molar-refractivity contribution in [1.82, 2.24) is 9.97 Å². The highest BCUT2D eigenvalue weighted by Gasteiger charge is 2.02. The lowest BCUT2D eigenvalue weighted by molar-refractivity contribution is 0.714. The molecule has 1 heterocycles. The topological polar surface area (TPSA) is 25.8 Å². The zero-order chi connectivity index (χ0) is 14.9. The van der Waals surface area contributed by atoms with Crippen LogP contribution >= 0.6 is 0 Å². The van der Waals surface area contributed by atoms with Crippen LogP contribution < -0.4 is 0 Å². The maximum Gasteiger partial charge on any atom is 0.159 e. The Morgan fingerprint density at radius 3 is 1.95 bits per heavy atom. The van der Waals surface area contributed by atoms with Gasteiger partial charge in [-0.25, -0.2) is 9.97 Å². The Labute approximate surface area is 128 Å². The van der Waals surface area contributed by atoms with E-state index < -0.39 is 0 Å². The Morgan fingerprint density at radius 1 is 0.714 bits per heavy atom. The van der Waals surface area contributed by atoms with Crippen LogP contribution in [0.5, 0.6) is 0 Å². The summed E-state index contributed by atoms with van der Waals surface area (Å²) in [4.78, 5) is 9.02. The lowest BCUT2D eigenvalue weighted by Gasteiger charge is -2.04. The molecule has 2 nitrogen and oxygen atoms in total. The predicted molar refractivity (Wildman–Crippen MR) is 89.3 cm³/mol. The van der Waals surface area contributed by atoms with E-state index in [0.717, 1.165) is 24.2 Å². The first kappa shape index (κ1) is 15.7. The Balaban J connectivity index is 1.97. The molecule has 21 heavy (non-hydrogen) atoms. The molecule has 2 heteroatoms. The number of unbranched alkanes of at least 4 members (excludes halogenated alkanes) is 3. The molecule has 0 unspecified atom stereocenters. The fourth-order valence-corrected chi connectivity index (χ4v) is 2.41. The van der Waals surface area contributed by atoms with Gasteiger partial charge in [-0.1, -0.05) is 57.4 Å². The van der Waals surface area contributed by atoms with Crippen molar-refractivity contribution in [3.63, 3.8) is 0 Å². The van der Waals surface area contributed by atoms with E-state index in [4.69, 9.17) is 0 Å². The lowest BCUT2D eigenvalue weighted by atomic mass is 10.1. The summed E-state index contributed by atoms with van der Waals surface area (Å²) < 4.78 is 0. The molecule has 0 N–H and O–H groups in total. The van der Waals surface area contributed by atoms with Gasteiger partial charge in [0.15, 0.2) is 5.82 Å². The van der Waals surface area contributed by atoms with E-state index in [2.05, 4.69) is 48.1 Å². The molecule has 0 spiro atoms. The van der Waals surface area contributed by atoms with Gasteiger partial charge < -0.3 is 0 Å². The first-order chi connectivity index (χ1) is 10.3. The third kappa shape index (κ3) is 4.96. The smallest absolute Gasteiger partial charge is 0.159 e. The summed E-state index contributed by atoms with van der Waals surface area (Å²) in [5.74, 6) is 0.830. The summed E-state index contributed by atoms with van der Waals surface area (Å²) in [6.45, 7) is 4.45. The fourth-order valence-electron chi connectivity index (χ4n) is 2.41. The minimum atomic E-state index is 0.830. The van der Waals surface area contributed by atoms with Gasteiger partial charge in [-0.05, 0) is 36.8 Å². The van der Waals surface area contributed by atoms with Crippen molar-refractivity contribution in [2.75, 3.05) is 0 Å². The molecular weight excluding hydrogens is 256 g/mol. The van der Waals surface area contributed by atoms with Gasteiger partial charge in [0.2, 0.25) is 0 Å². The van der Waals surface area contributed by atoms with Crippen LogP contribution in [0.3, 0.4) is 0 Å². The van der Waals surface area contributed by atoms with Gasteiger partial charge >= 0.3 is 0 Å². The van der Waals surface area contributed by atoms with Crippen LogP contribution in [0, 0.1) is 0 Å². The van der Waals surface area contributed by atoms with Crippen molar-refractivity contribution in [3.05, 3.63) is 47.8 Å². The van der Waals surface area contributed by atoms with Crippen molar-refractivity contribution in [1.29, 1.82) is 0 Å². The van der Waals surface area contributed by atoms with Crippen LogP contribution in [-0.4, -0.2) is 9.97 Å². The molecule has 1 aromatic carbocycles. The zero-order valence-corrected chi connectivity index (χ0v) is 13.3. The Kier molecular flexibility index (Phi) is 6.39. The van der Waals surface area contributed by atoms with E-state index in [1.165, 1.54) is 43.2 Å². The number of aryl methyl sites for hydroxylation is 2.